The number of sulfonamides is 1. The number of benzene rings is 3. The number of aryl methyl sites for hydroxylation is 1. The van der Waals surface area contributed by atoms with Gasteiger partial charge in [-0.05, 0) is 35.4 Å². The Balaban J connectivity index is 1.82. The highest BCUT2D eigenvalue weighted by Crippen LogP contribution is 2.49. The van der Waals surface area contributed by atoms with Gasteiger partial charge in [0.05, 0.1) is 18.0 Å². The van der Waals surface area contributed by atoms with Crippen LogP contribution in [-0.4, -0.2) is 31.8 Å². The maximum Gasteiger partial charge on any atom is 0.326 e. The minimum atomic E-state index is -3.82. The van der Waals surface area contributed by atoms with Crippen LogP contribution in [0.25, 0.3) is 10.8 Å². The first-order chi connectivity index (χ1) is 12.9. The molecular weight excluding hydrogens is 362 g/mol. The maximum atomic E-state index is 13.2. The van der Waals surface area contributed by atoms with Gasteiger partial charge in [0.25, 0.3) is 0 Å². The molecule has 0 aliphatic carbocycles. The van der Waals surface area contributed by atoms with Crippen LogP contribution in [0.5, 0.6) is 0 Å². The minimum absolute atomic E-state index is 0.171. The Hall–Kier alpha value is -2.70. The molecule has 5 nitrogen and oxygen atoms in total. The molecule has 1 saturated heterocycles. The molecule has 27 heavy (non-hydrogen) atoms. The van der Waals surface area contributed by atoms with Crippen molar-refractivity contribution >= 4 is 26.8 Å². The molecule has 3 aromatic carbocycles. The fourth-order valence-electron chi connectivity index (χ4n) is 3.51. The number of methoxy groups -OCH3 is 1. The number of fused-ring (bicyclic) bond motifs is 1. The van der Waals surface area contributed by atoms with Crippen molar-refractivity contribution in [2.24, 2.45) is 0 Å². The highest BCUT2D eigenvalue weighted by atomic mass is 32.2. The van der Waals surface area contributed by atoms with Crippen LogP contribution in [0.15, 0.2) is 71.6 Å². The van der Waals surface area contributed by atoms with Gasteiger partial charge in [-0.1, -0.05) is 60.2 Å². The summed E-state index contributed by atoms with van der Waals surface area (Å²) in [6.45, 7) is 1.89. The van der Waals surface area contributed by atoms with E-state index < -0.39 is 28.1 Å². The van der Waals surface area contributed by atoms with Crippen molar-refractivity contribution in [3.8, 4) is 0 Å². The predicted octanol–water partition coefficient (Wildman–Crippen LogP) is 3.44. The van der Waals surface area contributed by atoms with E-state index in [0.717, 1.165) is 21.9 Å². The monoisotopic (exact) mass is 381 g/mol. The van der Waals surface area contributed by atoms with E-state index in [1.54, 1.807) is 24.3 Å². The van der Waals surface area contributed by atoms with Crippen LogP contribution in [0.3, 0.4) is 0 Å². The fourth-order valence-corrected chi connectivity index (χ4v) is 5.21. The molecule has 4 rings (SSSR count). The summed E-state index contributed by atoms with van der Waals surface area (Å²) in [5, 5.41) is 1.93. The fraction of sp³-hybridized carbons (Fsp3) is 0.190. The van der Waals surface area contributed by atoms with E-state index in [0.29, 0.717) is 0 Å². The molecule has 1 fully saturated rings. The zero-order chi connectivity index (χ0) is 19.2. The Morgan fingerprint density at radius 1 is 0.963 bits per heavy atom. The second-order valence-electron chi connectivity index (χ2n) is 6.63. The third kappa shape index (κ3) is 2.91. The van der Waals surface area contributed by atoms with Gasteiger partial charge in [0.2, 0.25) is 10.0 Å². The molecule has 3 atom stereocenters. The molecule has 0 radical (unpaired) electrons. The maximum absolute atomic E-state index is 13.2. The predicted molar refractivity (Wildman–Crippen MR) is 103 cm³/mol. The summed E-state index contributed by atoms with van der Waals surface area (Å²) < 4.78 is 32.5. The summed E-state index contributed by atoms with van der Waals surface area (Å²) in [4.78, 5) is 12.5. The number of carbonyl (C=O) groups is 1. The van der Waals surface area contributed by atoms with Gasteiger partial charge in [0.15, 0.2) is 0 Å². The summed E-state index contributed by atoms with van der Waals surface area (Å²) in [6, 6.07) is 18.6. The summed E-state index contributed by atoms with van der Waals surface area (Å²) in [6.07, 6.45) is 0. The number of carbonyl (C=O) groups excluding carboxylic acids is 1. The van der Waals surface area contributed by atoms with Gasteiger partial charge in [-0.15, -0.1) is 0 Å². The highest BCUT2D eigenvalue weighted by molar-refractivity contribution is 7.89. The van der Waals surface area contributed by atoms with Crippen LogP contribution < -0.4 is 0 Å². The Bertz CT molecular complexity index is 1120. The molecular formula is C21H19NO4S. The molecule has 0 spiro atoms. The minimum Gasteiger partial charge on any atom is -0.468 e. The van der Waals surface area contributed by atoms with Crippen molar-refractivity contribution in [3.05, 3.63) is 77.9 Å². The van der Waals surface area contributed by atoms with Crippen molar-refractivity contribution in [1.29, 1.82) is 0 Å². The van der Waals surface area contributed by atoms with E-state index in [4.69, 9.17) is 4.74 Å². The van der Waals surface area contributed by atoms with Gasteiger partial charge in [-0.3, -0.25) is 4.79 Å². The van der Waals surface area contributed by atoms with Crippen LogP contribution >= 0.6 is 0 Å². The standard InChI is InChI=1S/C21H19NO4S/c1-14-10-12-16(13-11-14)27(24,25)22-19(20(22)21(23)26-2)18-9-5-7-15-6-3-4-8-17(15)18/h3-13,19-20H,1-2H3/t19-,20+,22?/m1/s1. The third-order valence-electron chi connectivity index (χ3n) is 4.94. The molecule has 138 valence electrons. The van der Waals surface area contributed by atoms with Gasteiger partial charge in [0, 0.05) is 0 Å². The van der Waals surface area contributed by atoms with Gasteiger partial charge < -0.3 is 4.74 Å². The first-order valence-corrected chi connectivity index (χ1v) is 10.0. The number of rotatable bonds is 4. The Kier molecular flexibility index (Phi) is 4.25. The summed E-state index contributed by atoms with van der Waals surface area (Å²) in [5.41, 5.74) is 1.77. The van der Waals surface area contributed by atoms with E-state index in [2.05, 4.69) is 0 Å². The van der Waals surface area contributed by atoms with Crippen LogP contribution in [0.4, 0.5) is 0 Å². The summed E-state index contributed by atoms with van der Waals surface area (Å²) >= 11 is 0. The number of esters is 1. The Morgan fingerprint density at radius 3 is 2.33 bits per heavy atom. The van der Waals surface area contributed by atoms with Crippen LogP contribution in [0, 0.1) is 6.92 Å². The lowest BCUT2D eigenvalue weighted by molar-refractivity contribution is -0.140. The smallest absolute Gasteiger partial charge is 0.326 e. The van der Waals surface area contributed by atoms with Gasteiger partial charge >= 0.3 is 5.97 Å². The van der Waals surface area contributed by atoms with E-state index in [9.17, 15) is 13.2 Å². The lowest BCUT2D eigenvalue weighted by Gasteiger charge is -2.08. The second-order valence-corrected chi connectivity index (χ2v) is 8.47. The van der Waals surface area contributed by atoms with E-state index in [1.165, 1.54) is 11.4 Å². The summed E-state index contributed by atoms with van der Waals surface area (Å²) in [7, 11) is -2.55. The quantitative estimate of drug-likeness (QED) is 0.513. The second kappa shape index (κ2) is 6.48. The topological polar surface area (TPSA) is 63.5 Å². The Labute approximate surface area is 158 Å². The molecule has 0 saturated carbocycles. The first-order valence-electron chi connectivity index (χ1n) is 8.61. The third-order valence-corrected chi connectivity index (χ3v) is 6.82. The average Bonchev–Trinajstić information content (AvgIpc) is 3.43. The van der Waals surface area contributed by atoms with Crippen molar-refractivity contribution in [2.45, 2.75) is 23.9 Å². The molecule has 0 bridgehead atoms. The van der Waals surface area contributed by atoms with E-state index in [1.807, 2.05) is 49.4 Å². The summed E-state index contributed by atoms with van der Waals surface area (Å²) in [5.74, 6) is -0.552. The normalized spacial score (nSPS) is 21.8. The van der Waals surface area contributed by atoms with Gasteiger partial charge in [-0.25, -0.2) is 8.42 Å². The molecule has 1 heterocycles. The number of hydrogen-bond donors (Lipinski definition) is 0. The number of ether oxygens (including phenoxy) is 1. The Morgan fingerprint density at radius 2 is 1.63 bits per heavy atom. The van der Waals surface area contributed by atoms with Crippen LogP contribution in [0.2, 0.25) is 0 Å². The van der Waals surface area contributed by atoms with Gasteiger partial charge in [-0.2, -0.15) is 4.31 Å². The first kappa shape index (κ1) is 17.7. The molecule has 1 aliphatic rings. The largest absolute Gasteiger partial charge is 0.468 e. The van der Waals surface area contributed by atoms with Crippen molar-refractivity contribution < 1.29 is 17.9 Å². The molecule has 1 unspecified atom stereocenters. The zero-order valence-corrected chi connectivity index (χ0v) is 15.8. The van der Waals surface area contributed by atoms with Crippen molar-refractivity contribution in [2.75, 3.05) is 7.11 Å². The van der Waals surface area contributed by atoms with E-state index in [-0.39, 0.29) is 4.90 Å². The SMILES string of the molecule is COC(=O)[C@@H]1[C@@H](c2cccc3ccccc23)N1S(=O)(=O)c1ccc(C)cc1. The lowest BCUT2D eigenvalue weighted by Crippen LogP contribution is -2.20. The van der Waals surface area contributed by atoms with Gasteiger partial charge in [0.1, 0.15) is 6.04 Å². The molecule has 0 aromatic heterocycles. The van der Waals surface area contributed by atoms with Crippen molar-refractivity contribution in [1.82, 2.24) is 4.31 Å². The zero-order valence-electron chi connectivity index (χ0n) is 15.0. The molecule has 3 aromatic rings. The van der Waals surface area contributed by atoms with E-state index >= 15 is 0 Å². The van der Waals surface area contributed by atoms with Crippen LogP contribution in [-0.2, 0) is 19.6 Å². The molecule has 0 amide bonds. The molecule has 6 heteroatoms. The number of hydrogen-bond acceptors (Lipinski definition) is 4. The lowest BCUT2D eigenvalue weighted by atomic mass is 10.0. The number of nitrogens with zero attached hydrogens (tertiary/aromatic N) is 1. The van der Waals surface area contributed by atoms with Crippen LogP contribution in [0.1, 0.15) is 17.2 Å². The molecule has 0 N–H and O–H groups in total. The highest BCUT2D eigenvalue weighted by Gasteiger charge is 2.61. The van der Waals surface area contributed by atoms with Crippen molar-refractivity contribution in [3.63, 3.8) is 0 Å². The molecule has 1 aliphatic heterocycles. The average molecular weight is 381 g/mol.